The Kier molecular flexibility index (Phi) is 3.96. The second-order valence-electron chi connectivity index (χ2n) is 5.35. The van der Waals surface area contributed by atoms with E-state index in [1.165, 1.54) is 0 Å². The van der Waals surface area contributed by atoms with Gasteiger partial charge in [-0.15, -0.1) is 5.10 Å². The lowest BCUT2D eigenvalue weighted by molar-refractivity contribution is 0.0737. The van der Waals surface area contributed by atoms with E-state index in [2.05, 4.69) is 15.6 Å². The Balaban J connectivity index is 1.68. The fourth-order valence-electron chi connectivity index (χ4n) is 2.56. The van der Waals surface area contributed by atoms with Gasteiger partial charge in [0.2, 0.25) is 0 Å². The highest BCUT2D eigenvalue weighted by Crippen LogP contribution is 2.10. The van der Waals surface area contributed by atoms with Crippen LogP contribution in [0.3, 0.4) is 0 Å². The molecule has 0 bridgehead atoms. The molecule has 0 radical (unpaired) electrons. The molecule has 0 spiro atoms. The lowest BCUT2D eigenvalue weighted by Crippen LogP contribution is -2.38. The predicted molar refractivity (Wildman–Crippen MR) is 78.9 cm³/mol. The third-order valence-electron chi connectivity index (χ3n) is 3.85. The average molecular weight is 285 g/mol. The molecule has 1 saturated heterocycles. The molecule has 6 nitrogen and oxygen atoms in total. The summed E-state index contributed by atoms with van der Waals surface area (Å²) in [5.41, 5.74) is 1.54. The maximum absolute atomic E-state index is 12.4. The van der Waals surface area contributed by atoms with E-state index in [1.807, 2.05) is 37.4 Å². The van der Waals surface area contributed by atoms with E-state index >= 15 is 0 Å². The molecule has 6 heteroatoms. The maximum Gasteiger partial charge on any atom is 0.276 e. The minimum atomic E-state index is -0.0667. The molecular formula is C15H19N5O. The van der Waals surface area contributed by atoms with Crippen molar-refractivity contribution in [1.82, 2.24) is 25.2 Å². The highest BCUT2D eigenvalue weighted by molar-refractivity contribution is 5.92. The van der Waals surface area contributed by atoms with Crippen LogP contribution in [-0.4, -0.2) is 52.0 Å². The van der Waals surface area contributed by atoms with Gasteiger partial charge in [-0.2, -0.15) is 0 Å². The number of nitrogens with zero attached hydrogens (tertiary/aromatic N) is 4. The first-order valence-corrected chi connectivity index (χ1v) is 7.16. The fraction of sp³-hybridized carbons (Fsp3) is 0.400. The Morgan fingerprint density at radius 2 is 2.24 bits per heavy atom. The number of hydrogen-bond donors (Lipinski definition) is 1. The molecule has 1 unspecified atom stereocenters. The zero-order valence-corrected chi connectivity index (χ0v) is 12.1. The number of hydrogen-bond acceptors (Lipinski definition) is 4. The van der Waals surface area contributed by atoms with Crippen molar-refractivity contribution in [2.45, 2.75) is 19.0 Å². The molecule has 2 heterocycles. The zero-order valence-electron chi connectivity index (χ0n) is 12.1. The van der Waals surface area contributed by atoms with Gasteiger partial charge in [0, 0.05) is 19.6 Å². The minimum absolute atomic E-state index is 0.0667. The van der Waals surface area contributed by atoms with E-state index in [9.17, 15) is 4.79 Å². The van der Waals surface area contributed by atoms with Gasteiger partial charge >= 0.3 is 0 Å². The number of nitrogens with one attached hydrogen (secondary N) is 1. The van der Waals surface area contributed by atoms with Gasteiger partial charge in [0.25, 0.3) is 5.91 Å². The van der Waals surface area contributed by atoms with E-state index in [-0.39, 0.29) is 11.9 Å². The van der Waals surface area contributed by atoms with Crippen LogP contribution in [0.4, 0.5) is 0 Å². The second kappa shape index (κ2) is 6.05. The quantitative estimate of drug-likeness (QED) is 0.901. The zero-order chi connectivity index (χ0) is 14.7. The third kappa shape index (κ3) is 3.11. The van der Waals surface area contributed by atoms with Gasteiger partial charge in [-0.25, -0.2) is 4.68 Å². The molecule has 21 heavy (non-hydrogen) atoms. The number of likely N-dealkylation sites (N-methyl/N-ethyl adjacent to an activating group) is 1. The van der Waals surface area contributed by atoms with E-state index in [4.69, 9.17) is 0 Å². The third-order valence-corrected chi connectivity index (χ3v) is 3.85. The van der Waals surface area contributed by atoms with Crippen molar-refractivity contribution >= 4 is 5.91 Å². The molecular weight excluding hydrogens is 266 g/mol. The minimum Gasteiger partial charge on any atom is -0.336 e. The Bertz CT molecular complexity index is 604. The van der Waals surface area contributed by atoms with Crippen molar-refractivity contribution < 1.29 is 4.79 Å². The van der Waals surface area contributed by atoms with E-state index in [0.29, 0.717) is 12.2 Å². The topological polar surface area (TPSA) is 63.1 Å². The summed E-state index contributed by atoms with van der Waals surface area (Å²) < 4.78 is 1.70. The van der Waals surface area contributed by atoms with Gasteiger partial charge in [-0.1, -0.05) is 35.5 Å². The Morgan fingerprint density at radius 1 is 1.43 bits per heavy atom. The molecule has 2 aromatic rings. The van der Waals surface area contributed by atoms with Crippen molar-refractivity contribution in [3.8, 4) is 0 Å². The first-order valence-electron chi connectivity index (χ1n) is 7.16. The standard InChI is InChI=1S/C15H19N5O/c1-19(13-7-8-16-9-13)15(21)14-11-20(18-17-14)10-12-5-3-2-4-6-12/h2-6,11,13,16H,7-10H2,1H3. The Labute approximate surface area is 123 Å². The first-order chi connectivity index (χ1) is 10.2. The number of carbonyl (C=O) groups is 1. The first kappa shape index (κ1) is 13.8. The van der Waals surface area contributed by atoms with E-state index < -0.39 is 0 Å². The van der Waals surface area contributed by atoms with Gasteiger partial charge in [-0.05, 0) is 18.5 Å². The SMILES string of the molecule is CN(C(=O)c1cn(Cc2ccccc2)nn1)C1CCNC1. The predicted octanol–water partition coefficient (Wildman–Crippen LogP) is 0.760. The van der Waals surface area contributed by atoms with Crippen molar-refractivity contribution in [2.75, 3.05) is 20.1 Å². The normalized spacial score (nSPS) is 17.9. The lowest BCUT2D eigenvalue weighted by Gasteiger charge is -2.22. The molecule has 0 saturated carbocycles. The van der Waals surface area contributed by atoms with Gasteiger partial charge in [-0.3, -0.25) is 4.79 Å². The highest BCUT2D eigenvalue weighted by Gasteiger charge is 2.25. The number of benzene rings is 1. The summed E-state index contributed by atoms with van der Waals surface area (Å²) in [4.78, 5) is 14.1. The fourth-order valence-corrected chi connectivity index (χ4v) is 2.56. The number of aromatic nitrogens is 3. The van der Waals surface area contributed by atoms with Gasteiger partial charge < -0.3 is 10.2 Å². The van der Waals surface area contributed by atoms with Crippen LogP contribution in [0.15, 0.2) is 36.5 Å². The smallest absolute Gasteiger partial charge is 0.276 e. The van der Waals surface area contributed by atoms with Crippen LogP contribution in [0.5, 0.6) is 0 Å². The van der Waals surface area contributed by atoms with Crippen LogP contribution in [0.1, 0.15) is 22.5 Å². The maximum atomic E-state index is 12.4. The van der Waals surface area contributed by atoms with Crippen LogP contribution >= 0.6 is 0 Å². The molecule has 1 fully saturated rings. The number of rotatable bonds is 4. The van der Waals surface area contributed by atoms with Crippen LogP contribution in [0.25, 0.3) is 0 Å². The summed E-state index contributed by atoms with van der Waals surface area (Å²) in [5, 5.41) is 11.3. The van der Waals surface area contributed by atoms with Crippen molar-refractivity contribution in [3.05, 3.63) is 47.8 Å². The molecule has 3 rings (SSSR count). The number of carbonyl (C=O) groups excluding carboxylic acids is 1. The summed E-state index contributed by atoms with van der Waals surface area (Å²) in [7, 11) is 1.83. The second-order valence-corrected chi connectivity index (χ2v) is 5.35. The van der Waals surface area contributed by atoms with Crippen LogP contribution < -0.4 is 5.32 Å². The summed E-state index contributed by atoms with van der Waals surface area (Å²) >= 11 is 0. The van der Waals surface area contributed by atoms with Gasteiger partial charge in [0.1, 0.15) is 0 Å². The molecule has 110 valence electrons. The number of amides is 1. The van der Waals surface area contributed by atoms with Crippen molar-refractivity contribution in [3.63, 3.8) is 0 Å². The van der Waals surface area contributed by atoms with Gasteiger partial charge in [0.05, 0.1) is 12.7 Å². The molecule has 1 amide bonds. The van der Waals surface area contributed by atoms with Crippen LogP contribution in [0, 0.1) is 0 Å². The van der Waals surface area contributed by atoms with E-state index in [1.54, 1.807) is 15.8 Å². The van der Waals surface area contributed by atoms with Crippen LogP contribution in [0.2, 0.25) is 0 Å². The summed E-state index contributed by atoms with van der Waals surface area (Å²) in [6.45, 7) is 2.43. The molecule has 0 aliphatic carbocycles. The van der Waals surface area contributed by atoms with Crippen LogP contribution in [-0.2, 0) is 6.54 Å². The monoisotopic (exact) mass is 285 g/mol. The Hall–Kier alpha value is -2.21. The molecule has 1 aromatic carbocycles. The summed E-state index contributed by atoms with van der Waals surface area (Å²) in [6, 6.07) is 10.2. The lowest BCUT2D eigenvalue weighted by atomic mass is 10.2. The van der Waals surface area contributed by atoms with Crippen molar-refractivity contribution in [2.24, 2.45) is 0 Å². The molecule has 1 N–H and O–H groups in total. The largest absolute Gasteiger partial charge is 0.336 e. The summed E-state index contributed by atoms with van der Waals surface area (Å²) in [5.74, 6) is -0.0667. The average Bonchev–Trinajstić information content (AvgIpc) is 3.18. The Morgan fingerprint density at radius 3 is 2.95 bits per heavy atom. The molecule has 1 atom stereocenters. The highest BCUT2D eigenvalue weighted by atomic mass is 16.2. The van der Waals surface area contributed by atoms with Gasteiger partial charge in [0.15, 0.2) is 5.69 Å². The van der Waals surface area contributed by atoms with Crippen molar-refractivity contribution in [1.29, 1.82) is 0 Å². The molecule has 1 aromatic heterocycles. The molecule has 1 aliphatic rings. The molecule has 1 aliphatic heterocycles. The van der Waals surface area contributed by atoms with E-state index in [0.717, 1.165) is 25.1 Å². The summed E-state index contributed by atoms with van der Waals surface area (Å²) in [6.07, 6.45) is 2.70.